The normalized spacial score (nSPS) is 21.0. The third-order valence-corrected chi connectivity index (χ3v) is 5.08. The summed E-state index contributed by atoms with van der Waals surface area (Å²) < 4.78 is 5.74. The number of piperidine rings is 1. The Morgan fingerprint density at radius 3 is 2.75 bits per heavy atom. The summed E-state index contributed by atoms with van der Waals surface area (Å²) in [6.45, 7) is 6.02. The molecule has 0 unspecified atom stereocenters. The Kier molecular flexibility index (Phi) is 4.73. The van der Waals surface area contributed by atoms with Gasteiger partial charge < -0.3 is 14.5 Å². The van der Waals surface area contributed by atoms with Gasteiger partial charge in [0.15, 0.2) is 0 Å². The van der Waals surface area contributed by atoms with Crippen LogP contribution in [-0.4, -0.2) is 58.1 Å². The van der Waals surface area contributed by atoms with Crippen LogP contribution in [0.25, 0.3) is 0 Å². The molecule has 0 aromatic carbocycles. The SMILES string of the molecule is CCC[C@H](C)N1CC2(CCN(C(=O)c3ccccn3)CC2)OC1=O. The Bertz CT molecular complexity index is 597. The fourth-order valence-electron chi connectivity index (χ4n) is 3.59. The van der Waals surface area contributed by atoms with Gasteiger partial charge in [0.2, 0.25) is 0 Å². The van der Waals surface area contributed by atoms with Gasteiger partial charge in [-0.2, -0.15) is 0 Å². The molecule has 2 amide bonds. The second-order valence-corrected chi connectivity index (χ2v) is 6.82. The van der Waals surface area contributed by atoms with Crippen LogP contribution in [-0.2, 0) is 4.74 Å². The van der Waals surface area contributed by atoms with Crippen molar-refractivity contribution in [3.8, 4) is 0 Å². The van der Waals surface area contributed by atoms with Crippen LogP contribution in [0.5, 0.6) is 0 Å². The molecule has 1 spiro atoms. The number of amides is 2. The van der Waals surface area contributed by atoms with E-state index >= 15 is 0 Å². The second kappa shape index (κ2) is 6.79. The van der Waals surface area contributed by atoms with Crippen LogP contribution in [0.2, 0.25) is 0 Å². The highest BCUT2D eigenvalue weighted by Crippen LogP contribution is 2.35. The van der Waals surface area contributed by atoms with E-state index in [0.29, 0.717) is 38.2 Å². The number of carbonyl (C=O) groups excluding carboxylic acids is 2. The first-order valence-corrected chi connectivity index (χ1v) is 8.74. The fourth-order valence-corrected chi connectivity index (χ4v) is 3.59. The van der Waals surface area contributed by atoms with Gasteiger partial charge in [0, 0.05) is 38.2 Å². The molecular weight excluding hydrogens is 306 g/mol. The Hall–Kier alpha value is -2.11. The maximum absolute atomic E-state index is 12.5. The van der Waals surface area contributed by atoms with Crippen molar-refractivity contribution in [3.05, 3.63) is 30.1 Å². The summed E-state index contributed by atoms with van der Waals surface area (Å²) in [6, 6.07) is 5.55. The molecule has 2 saturated heterocycles. The van der Waals surface area contributed by atoms with Crippen molar-refractivity contribution in [1.29, 1.82) is 0 Å². The minimum absolute atomic E-state index is 0.0500. The van der Waals surface area contributed by atoms with Gasteiger partial charge in [0.25, 0.3) is 5.91 Å². The van der Waals surface area contributed by atoms with Crippen LogP contribution in [0.4, 0.5) is 4.79 Å². The van der Waals surface area contributed by atoms with Gasteiger partial charge in [0.05, 0.1) is 6.54 Å². The molecule has 1 aromatic heterocycles. The van der Waals surface area contributed by atoms with Crippen LogP contribution in [0.3, 0.4) is 0 Å². The first-order valence-electron chi connectivity index (χ1n) is 8.74. The third-order valence-electron chi connectivity index (χ3n) is 5.08. The number of carbonyl (C=O) groups is 2. The standard InChI is InChI=1S/C18H25N3O3/c1-3-6-14(2)21-13-18(24-17(21)23)8-11-20(12-9-18)16(22)15-7-4-5-10-19-15/h4-5,7,10,14H,3,6,8-9,11-13H2,1-2H3/t14-/m0/s1. The molecule has 2 fully saturated rings. The largest absolute Gasteiger partial charge is 0.441 e. The van der Waals surface area contributed by atoms with Gasteiger partial charge in [-0.3, -0.25) is 9.78 Å². The van der Waals surface area contributed by atoms with Gasteiger partial charge >= 0.3 is 6.09 Å². The van der Waals surface area contributed by atoms with Crippen LogP contribution < -0.4 is 0 Å². The lowest BCUT2D eigenvalue weighted by atomic mass is 9.90. The molecule has 1 atom stereocenters. The molecule has 0 saturated carbocycles. The Morgan fingerprint density at radius 1 is 1.38 bits per heavy atom. The molecule has 24 heavy (non-hydrogen) atoms. The van der Waals surface area contributed by atoms with Crippen molar-refractivity contribution in [2.24, 2.45) is 0 Å². The van der Waals surface area contributed by atoms with Crippen LogP contribution >= 0.6 is 0 Å². The maximum atomic E-state index is 12.5. The van der Waals surface area contributed by atoms with Crippen molar-refractivity contribution < 1.29 is 14.3 Å². The van der Waals surface area contributed by atoms with Crippen LogP contribution in [0.1, 0.15) is 50.0 Å². The minimum atomic E-state index is -0.431. The molecule has 3 heterocycles. The molecule has 1 aromatic rings. The summed E-state index contributed by atoms with van der Waals surface area (Å²) in [5.41, 5.74) is 0.0371. The quantitative estimate of drug-likeness (QED) is 0.851. The summed E-state index contributed by atoms with van der Waals surface area (Å²) in [4.78, 5) is 32.5. The first kappa shape index (κ1) is 16.7. The lowest BCUT2D eigenvalue weighted by molar-refractivity contribution is 0.00290. The van der Waals surface area contributed by atoms with Crippen molar-refractivity contribution in [3.63, 3.8) is 0 Å². The molecule has 130 valence electrons. The van der Waals surface area contributed by atoms with E-state index in [-0.39, 0.29) is 18.0 Å². The highest BCUT2D eigenvalue weighted by atomic mass is 16.6. The van der Waals surface area contributed by atoms with Crippen molar-refractivity contribution >= 4 is 12.0 Å². The maximum Gasteiger partial charge on any atom is 0.410 e. The van der Waals surface area contributed by atoms with Crippen molar-refractivity contribution in [2.75, 3.05) is 19.6 Å². The zero-order valence-electron chi connectivity index (χ0n) is 14.4. The average Bonchev–Trinajstić information content (AvgIpc) is 2.92. The van der Waals surface area contributed by atoms with E-state index in [4.69, 9.17) is 4.74 Å². The predicted octanol–water partition coefficient (Wildman–Crippen LogP) is 2.70. The Labute approximate surface area is 142 Å². The first-order chi connectivity index (χ1) is 11.5. The highest BCUT2D eigenvalue weighted by Gasteiger charge is 2.48. The number of hydrogen-bond donors (Lipinski definition) is 0. The van der Waals surface area contributed by atoms with E-state index < -0.39 is 5.60 Å². The zero-order chi connectivity index (χ0) is 17.2. The third kappa shape index (κ3) is 3.23. The van der Waals surface area contributed by atoms with Gasteiger partial charge in [-0.1, -0.05) is 19.4 Å². The molecule has 2 aliphatic heterocycles. The molecule has 2 aliphatic rings. The van der Waals surface area contributed by atoms with Gasteiger partial charge in [0.1, 0.15) is 11.3 Å². The predicted molar refractivity (Wildman–Crippen MR) is 89.7 cm³/mol. The monoisotopic (exact) mass is 331 g/mol. The van der Waals surface area contributed by atoms with Crippen molar-refractivity contribution in [1.82, 2.24) is 14.8 Å². The Balaban J connectivity index is 1.61. The summed E-state index contributed by atoms with van der Waals surface area (Å²) in [6.07, 6.45) is 4.82. The molecule has 0 aliphatic carbocycles. The number of hydrogen-bond acceptors (Lipinski definition) is 4. The van der Waals surface area contributed by atoms with Gasteiger partial charge in [-0.15, -0.1) is 0 Å². The van der Waals surface area contributed by atoms with Gasteiger partial charge in [-0.05, 0) is 25.5 Å². The molecule has 0 bridgehead atoms. The molecule has 6 heteroatoms. The van der Waals surface area contributed by atoms with E-state index in [0.717, 1.165) is 12.8 Å². The number of ether oxygens (including phenoxy) is 1. The lowest BCUT2D eigenvalue weighted by Crippen LogP contribution is -2.49. The van der Waals surface area contributed by atoms with E-state index in [2.05, 4.69) is 18.8 Å². The number of pyridine rings is 1. The van der Waals surface area contributed by atoms with Gasteiger partial charge in [-0.25, -0.2) is 4.79 Å². The number of aromatic nitrogens is 1. The molecule has 0 N–H and O–H groups in total. The second-order valence-electron chi connectivity index (χ2n) is 6.82. The minimum Gasteiger partial charge on any atom is -0.441 e. The highest BCUT2D eigenvalue weighted by molar-refractivity contribution is 5.92. The summed E-state index contributed by atoms with van der Waals surface area (Å²) in [5, 5.41) is 0. The molecule has 3 rings (SSSR count). The number of likely N-dealkylation sites (tertiary alicyclic amines) is 1. The summed E-state index contributed by atoms with van der Waals surface area (Å²) in [5.74, 6) is -0.0500. The lowest BCUT2D eigenvalue weighted by Gasteiger charge is -2.37. The average molecular weight is 331 g/mol. The van der Waals surface area contributed by atoms with E-state index in [1.54, 1.807) is 23.2 Å². The van der Waals surface area contributed by atoms with Crippen LogP contribution in [0.15, 0.2) is 24.4 Å². The summed E-state index contributed by atoms with van der Waals surface area (Å²) >= 11 is 0. The zero-order valence-corrected chi connectivity index (χ0v) is 14.4. The molecule has 6 nitrogen and oxygen atoms in total. The van der Waals surface area contributed by atoms with E-state index in [9.17, 15) is 9.59 Å². The van der Waals surface area contributed by atoms with E-state index in [1.807, 2.05) is 11.0 Å². The topological polar surface area (TPSA) is 62.7 Å². The smallest absolute Gasteiger partial charge is 0.410 e. The summed E-state index contributed by atoms with van der Waals surface area (Å²) in [7, 11) is 0. The van der Waals surface area contributed by atoms with Crippen LogP contribution in [0, 0.1) is 0 Å². The number of rotatable bonds is 4. The fraction of sp³-hybridized carbons (Fsp3) is 0.611. The van der Waals surface area contributed by atoms with E-state index in [1.165, 1.54) is 0 Å². The Morgan fingerprint density at radius 2 is 2.12 bits per heavy atom. The number of nitrogens with zero attached hydrogens (tertiary/aromatic N) is 3. The van der Waals surface area contributed by atoms with Crippen molar-refractivity contribution in [2.45, 2.75) is 51.2 Å². The molecular formula is C18H25N3O3. The molecule has 0 radical (unpaired) electrons.